The van der Waals surface area contributed by atoms with Crippen LogP contribution in [0.4, 0.5) is 7.77 Å². The second kappa shape index (κ2) is 5.58. The van der Waals surface area contributed by atoms with E-state index in [0.29, 0.717) is 6.07 Å². The van der Waals surface area contributed by atoms with Crippen LogP contribution in [0, 0.1) is 0 Å². The number of rotatable bonds is 5. The molecular weight excluding hydrogens is 326 g/mol. The molecule has 0 aromatic heterocycles. The first-order valence-electron chi connectivity index (χ1n) is 4.57. The molecular formula is C8H6F2O8S2. The van der Waals surface area contributed by atoms with Crippen molar-refractivity contribution in [1.29, 1.82) is 0 Å². The fourth-order valence-electron chi connectivity index (χ4n) is 1.07. The molecule has 0 aliphatic heterocycles. The van der Waals surface area contributed by atoms with Crippen LogP contribution in [0.2, 0.25) is 0 Å². The van der Waals surface area contributed by atoms with E-state index >= 15 is 0 Å². The van der Waals surface area contributed by atoms with Gasteiger partial charge in [0.15, 0.2) is 11.5 Å². The highest BCUT2D eigenvalue weighted by molar-refractivity contribution is 7.82. The molecule has 0 atom stereocenters. The minimum absolute atomic E-state index is 0.506. The zero-order chi connectivity index (χ0) is 15.6. The lowest BCUT2D eigenvalue weighted by atomic mass is 10.3. The smallest absolute Gasteiger partial charge is 0.423 e. The Morgan fingerprint density at radius 2 is 1.55 bits per heavy atom. The first-order chi connectivity index (χ1) is 8.96. The van der Waals surface area contributed by atoms with Gasteiger partial charge in [0.25, 0.3) is 0 Å². The van der Waals surface area contributed by atoms with Gasteiger partial charge in [-0.2, -0.15) is 16.8 Å². The summed E-state index contributed by atoms with van der Waals surface area (Å²) in [6.07, 6.45) is 0. The van der Waals surface area contributed by atoms with Crippen LogP contribution in [-0.4, -0.2) is 22.8 Å². The second-order valence-electron chi connectivity index (χ2n) is 3.16. The van der Waals surface area contributed by atoms with Gasteiger partial charge in [0.2, 0.25) is 0 Å². The number of esters is 1. The number of benzene rings is 1. The summed E-state index contributed by atoms with van der Waals surface area (Å²) in [6.45, 7) is 0.962. The number of carbonyl (C=O) groups excluding carboxylic acids is 1. The molecule has 0 aliphatic rings. The van der Waals surface area contributed by atoms with Crippen molar-refractivity contribution in [3.63, 3.8) is 0 Å². The van der Waals surface area contributed by atoms with Crippen molar-refractivity contribution >= 4 is 27.0 Å². The van der Waals surface area contributed by atoms with Crippen molar-refractivity contribution < 1.29 is 42.5 Å². The maximum atomic E-state index is 12.4. The van der Waals surface area contributed by atoms with Gasteiger partial charge in [-0.1, -0.05) is 7.77 Å². The van der Waals surface area contributed by atoms with Gasteiger partial charge in [0.05, 0.1) is 0 Å². The van der Waals surface area contributed by atoms with Gasteiger partial charge in [0, 0.05) is 13.0 Å². The number of hydrogen-bond acceptors (Lipinski definition) is 8. The van der Waals surface area contributed by atoms with Crippen molar-refractivity contribution in [3.05, 3.63) is 18.2 Å². The Bertz CT molecular complexity index is 725. The van der Waals surface area contributed by atoms with Crippen LogP contribution in [-0.2, 0) is 25.8 Å². The molecule has 20 heavy (non-hydrogen) atoms. The maximum absolute atomic E-state index is 12.4. The van der Waals surface area contributed by atoms with Gasteiger partial charge in [-0.15, -0.1) is 0 Å². The van der Waals surface area contributed by atoms with E-state index in [2.05, 4.69) is 13.1 Å². The molecule has 12 heteroatoms. The van der Waals surface area contributed by atoms with Crippen LogP contribution in [0.3, 0.4) is 0 Å². The molecule has 0 heterocycles. The predicted molar refractivity (Wildman–Crippen MR) is 59.1 cm³/mol. The van der Waals surface area contributed by atoms with Gasteiger partial charge < -0.3 is 13.1 Å². The normalized spacial score (nSPS) is 11.8. The standard InChI is InChI=1S/C8H6F2O8S2/c1-5(11)16-7-3-2-6(17-19(9,12)13)4-8(7)18-20(10,14)15/h2-4H,1H3. The Balaban J connectivity index is 3.24. The lowest BCUT2D eigenvalue weighted by Gasteiger charge is -2.09. The average molecular weight is 332 g/mol. The van der Waals surface area contributed by atoms with Gasteiger partial charge >= 0.3 is 27.0 Å². The Kier molecular flexibility index (Phi) is 4.50. The number of carbonyl (C=O) groups is 1. The lowest BCUT2D eigenvalue weighted by molar-refractivity contribution is -0.131. The highest BCUT2D eigenvalue weighted by Crippen LogP contribution is 2.33. The molecule has 0 spiro atoms. The summed E-state index contributed by atoms with van der Waals surface area (Å²) in [7, 11) is -10.9. The molecule has 112 valence electrons. The Morgan fingerprint density at radius 1 is 1.00 bits per heavy atom. The van der Waals surface area contributed by atoms with Crippen LogP contribution in [0.5, 0.6) is 17.2 Å². The average Bonchev–Trinajstić information content (AvgIpc) is 2.16. The minimum atomic E-state index is -5.49. The van der Waals surface area contributed by atoms with Crippen LogP contribution in [0.15, 0.2) is 18.2 Å². The third-order valence-corrected chi connectivity index (χ3v) is 2.32. The van der Waals surface area contributed by atoms with Crippen molar-refractivity contribution in [2.24, 2.45) is 0 Å². The predicted octanol–water partition coefficient (Wildman–Crippen LogP) is 0.798. The molecule has 0 radical (unpaired) electrons. The molecule has 1 aromatic carbocycles. The number of halogens is 2. The van der Waals surface area contributed by atoms with Crippen LogP contribution >= 0.6 is 0 Å². The molecule has 8 nitrogen and oxygen atoms in total. The van der Waals surface area contributed by atoms with E-state index in [9.17, 15) is 29.4 Å². The van der Waals surface area contributed by atoms with Crippen LogP contribution in [0.25, 0.3) is 0 Å². The Hall–Kier alpha value is -1.95. The summed E-state index contributed by atoms with van der Waals surface area (Å²) in [4.78, 5) is 10.7. The van der Waals surface area contributed by atoms with E-state index in [1.807, 2.05) is 0 Å². The molecule has 0 amide bonds. The molecule has 0 saturated carbocycles. The first-order valence-corrected chi connectivity index (χ1v) is 7.18. The van der Waals surface area contributed by atoms with E-state index in [1.165, 1.54) is 0 Å². The largest absolute Gasteiger partial charge is 0.488 e. The monoisotopic (exact) mass is 332 g/mol. The molecule has 0 N–H and O–H groups in total. The Labute approximate surface area is 112 Å². The second-order valence-corrected chi connectivity index (χ2v) is 5.06. The molecule has 0 saturated heterocycles. The van der Waals surface area contributed by atoms with E-state index in [0.717, 1.165) is 19.1 Å². The van der Waals surface area contributed by atoms with Crippen molar-refractivity contribution in [2.75, 3.05) is 0 Å². The molecule has 0 bridgehead atoms. The fourth-order valence-corrected chi connectivity index (χ4v) is 1.74. The Morgan fingerprint density at radius 3 is 2.00 bits per heavy atom. The summed E-state index contributed by atoms with van der Waals surface area (Å²) < 4.78 is 78.1. The molecule has 0 aliphatic carbocycles. The summed E-state index contributed by atoms with van der Waals surface area (Å²) in [5.74, 6) is -3.05. The summed E-state index contributed by atoms with van der Waals surface area (Å²) >= 11 is 0. The topological polar surface area (TPSA) is 113 Å². The van der Waals surface area contributed by atoms with Gasteiger partial charge in [-0.3, -0.25) is 4.79 Å². The number of hydrogen-bond donors (Lipinski definition) is 0. The summed E-state index contributed by atoms with van der Waals surface area (Å²) in [5, 5.41) is 0. The van der Waals surface area contributed by atoms with Crippen LogP contribution in [0.1, 0.15) is 6.92 Å². The highest BCUT2D eigenvalue weighted by atomic mass is 32.3. The lowest BCUT2D eigenvalue weighted by Crippen LogP contribution is -2.08. The van der Waals surface area contributed by atoms with Gasteiger partial charge in [-0.25, -0.2) is 0 Å². The quantitative estimate of drug-likeness (QED) is 0.442. The van der Waals surface area contributed by atoms with Crippen LogP contribution < -0.4 is 13.1 Å². The third kappa shape index (κ3) is 5.79. The van der Waals surface area contributed by atoms with E-state index in [1.54, 1.807) is 0 Å². The van der Waals surface area contributed by atoms with Crippen molar-refractivity contribution in [3.8, 4) is 17.2 Å². The SMILES string of the molecule is CC(=O)Oc1ccc(OS(=O)(=O)F)cc1OS(=O)(=O)F. The highest BCUT2D eigenvalue weighted by Gasteiger charge is 2.19. The third-order valence-electron chi connectivity index (χ3n) is 1.55. The maximum Gasteiger partial charge on any atom is 0.488 e. The number of ether oxygens (including phenoxy) is 1. The van der Waals surface area contributed by atoms with Gasteiger partial charge in [-0.05, 0) is 12.1 Å². The van der Waals surface area contributed by atoms with Crippen molar-refractivity contribution in [1.82, 2.24) is 0 Å². The van der Waals surface area contributed by atoms with Gasteiger partial charge in [0.1, 0.15) is 5.75 Å². The zero-order valence-electron chi connectivity index (χ0n) is 9.57. The fraction of sp³-hybridized carbons (Fsp3) is 0.125. The minimum Gasteiger partial charge on any atom is -0.423 e. The summed E-state index contributed by atoms with van der Waals surface area (Å²) in [6, 6.07) is 2.15. The van der Waals surface area contributed by atoms with E-state index < -0.39 is 44.2 Å². The molecule has 1 aromatic rings. The van der Waals surface area contributed by atoms with E-state index in [-0.39, 0.29) is 0 Å². The van der Waals surface area contributed by atoms with Crippen molar-refractivity contribution in [2.45, 2.75) is 6.92 Å². The molecule has 0 unspecified atom stereocenters. The van der Waals surface area contributed by atoms with E-state index in [4.69, 9.17) is 0 Å². The zero-order valence-corrected chi connectivity index (χ0v) is 11.2. The molecule has 1 rings (SSSR count). The molecule has 0 fully saturated rings. The summed E-state index contributed by atoms with van der Waals surface area (Å²) in [5.41, 5.74) is 0. The first kappa shape index (κ1) is 16.1.